The van der Waals surface area contributed by atoms with Crippen molar-refractivity contribution in [2.45, 2.75) is 24.3 Å². The summed E-state index contributed by atoms with van der Waals surface area (Å²) in [5.74, 6) is -6.44. The molecule has 0 aliphatic rings. The second kappa shape index (κ2) is 13.5. The van der Waals surface area contributed by atoms with Crippen molar-refractivity contribution in [2.24, 2.45) is 7.05 Å². The van der Waals surface area contributed by atoms with Crippen molar-refractivity contribution < 1.29 is 36.7 Å². The minimum absolute atomic E-state index is 0.0546. The number of aliphatic carboxylic acids is 1. The molecule has 17 heteroatoms. The van der Waals surface area contributed by atoms with Gasteiger partial charge >= 0.3 is 11.7 Å². The molecule has 0 saturated heterocycles. The summed E-state index contributed by atoms with van der Waals surface area (Å²) >= 11 is 0. The summed E-state index contributed by atoms with van der Waals surface area (Å²) in [6.45, 7) is 2.00. The Labute approximate surface area is 259 Å². The number of sulfonamides is 1. The molecule has 0 spiro atoms. The summed E-state index contributed by atoms with van der Waals surface area (Å²) < 4.78 is 59.4. The van der Waals surface area contributed by atoms with E-state index in [2.05, 4.69) is 10.3 Å². The maximum atomic E-state index is 14.9. The summed E-state index contributed by atoms with van der Waals surface area (Å²) in [6.07, 6.45) is 1.85. The molecule has 14 nitrogen and oxygen atoms in total. The van der Waals surface area contributed by atoms with Gasteiger partial charge in [0, 0.05) is 38.5 Å². The molecule has 0 bridgehead atoms. The van der Waals surface area contributed by atoms with E-state index in [0.717, 1.165) is 22.9 Å². The van der Waals surface area contributed by atoms with Crippen molar-refractivity contribution in [3.8, 4) is 5.69 Å². The summed E-state index contributed by atoms with van der Waals surface area (Å²) in [5.41, 5.74) is -2.43. The zero-order valence-electron chi connectivity index (χ0n) is 24.2. The van der Waals surface area contributed by atoms with E-state index in [1.807, 2.05) is 10.0 Å². The van der Waals surface area contributed by atoms with Crippen molar-refractivity contribution >= 4 is 33.5 Å². The first-order chi connectivity index (χ1) is 21.7. The number of aryl methyl sites for hydroxylation is 1. The first-order valence-corrected chi connectivity index (χ1v) is 14.9. The predicted molar refractivity (Wildman–Crippen MR) is 159 cm³/mol. The molecule has 0 saturated carbocycles. The Morgan fingerprint density at radius 2 is 1.63 bits per heavy atom. The number of anilines is 1. The fourth-order valence-corrected chi connectivity index (χ4v) is 5.22. The van der Waals surface area contributed by atoms with E-state index in [4.69, 9.17) is 0 Å². The third kappa shape index (κ3) is 7.32. The average molecular weight is 657 g/mol. The number of halogens is 2. The summed E-state index contributed by atoms with van der Waals surface area (Å²) in [4.78, 5) is 64.4. The Morgan fingerprint density at radius 3 is 2.20 bits per heavy atom. The smallest absolute Gasteiger partial charge is 0.335 e. The lowest BCUT2D eigenvalue weighted by Gasteiger charge is -2.16. The van der Waals surface area contributed by atoms with Crippen LogP contribution in [0.5, 0.6) is 0 Å². The number of carboxylic acid groups (broad SMARTS) is 1. The number of nitrogens with zero attached hydrogens (tertiary/aromatic N) is 3. The fraction of sp³-hybridized carbons (Fsp3) is 0.172. The van der Waals surface area contributed by atoms with Gasteiger partial charge in [0.25, 0.3) is 27.4 Å². The van der Waals surface area contributed by atoms with E-state index in [1.165, 1.54) is 48.1 Å². The number of carbonyl (C=O) groups excluding carboxylic acids is 2. The zero-order chi connectivity index (χ0) is 33.8. The maximum absolute atomic E-state index is 14.9. The predicted octanol–water partition coefficient (Wildman–Crippen LogP) is 1.19. The Bertz CT molecular complexity index is 2020. The Morgan fingerprint density at radius 1 is 0.978 bits per heavy atom. The van der Waals surface area contributed by atoms with Crippen LogP contribution in [0.2, 0.25) is 0 Å². The second-order valence-electron chi connectivity index (χ2n) is 9.78. The van der Waals surface area contributed by atoms with Gasteiger partial charge in [-0.3, -0.25) is 19.1 Å². The van der Waals surface area contributed by atoms with Crippen molar-refractivity contribution in [3.05, 3.63) is 116 Å². The van der Waals surface area contributed by atoms with Gasteiger partial charge in [-0.25, -0.2) is 36.3 Å². The highest BCUT2D eigenvalue weighted by molar-refractivity contribution is 7.92. The number of carbonyl (C=O) groups is 3. The van der Waals surface area contributed by atoms with Crippen LogP contribution in [-0.2, 0) is 28.3 Å². The second-order valence-corrected chi connectivity index (χ2v) is 11.5. The molecule has 1 atom stereocenters. The maximum Gasteiger partial charge on any atom is 0.335 e. The van der Waals surface area contributed by atoms with Crippen molar-refractivity contribution in [1.29, 1.82) is 0 Å². The Balaban J connectivity index is 1.49. The van der Waals surface area contributed by atoms with Crippen molar-refractivity contribution in [1.82, 2.24) is 24.8 Å². The highest BCUT2D eigenvalue weighted by Crippen LogP contribution is 2.22. The molecule has 2 aromatic carbocycles. The average Bonchev–Trinajstić information content (AvgIpc) is 2.99. The van der Waals surface area contributed by atoms with Gasteiger partial charge < -0.3 is 20.3 Å². The van der Waals surface area contributed by atoms with Crippen LogP contribution in [0.1, 0.15) is 33.3 Å². The Hall–Kier alpha value is -5.71. The SMILES string of the molecule is CCNC(=O)c1ccc(S(=O)(=O)Nc2cc(F)c(C(=O)N[C@@H](Cc3ccc(-n4c(=O)ccn(C)c4=O)cc3)C(=O)O)c(F)c2)cn1. The van der Waals surface area contributed by atoms with Crippen molar-refractivity contribution in [3.63, 3.8) is 0 Å². The molecular formula is C29H26F2N6O8S. The molecule has 0 aliphatic heterocycles. The molecule has 2 heterocycles. The van der Waals surface area contributed by atoms with Gasteiger partial charge in [0.1, 0.15) is 33.8 Å². The summed E-state index contributed by atoms with van der Waals surface area (Å²) in [7, 11) is -2.96. The van der Waals surface area contributed by atoms with Crippen molar-refractivity contribution in [2.75, 3.05) is 11.3 Å². The Kier molecular flexibility index (Phi) is 9.75. The molecule has 0 radical (unpaired) electrons. The van der Waals surface area contributed by atoms with E-state index in [1.54, 1.807) is 6.92 Å². The summed E-state index contributed by atoms with van der Waals surface area (Å²) in [6, 6.07) is 8.45. The van der Waals surface area contributed by atoms with Gasteiger partial charge in [-0.1, -0.05) is 12.1 Å². The zero-order valence-corrected chi connectivity index (χ0v) is 25.0. The number of rotatable bonds is 11. The van der Waals surface area contributed by atoms with E-state index in [9.17, 15) is 46.3 Å². The fourth-order valence-electron chi connectivity index (χ4n) is 4.24. The third-order valence-corrected chi connectivity index (χ3v) is 7.90. The third-order valence-electron chi connectivity index (χ3n) is 6.53. The molecule has 2 aromatic heterocycles. The largest absolute Gasteiger partial charge is 0.480 e. The minimum atomic E-state index is -4.42. The van der Waals surface area contributed by atoms with Crippen LogP contribution >= 0.6 is 0 Å². The first kappa shape index (κ1) is 33.2. The van der Waals surface area contributed by atoms with Gasteiger partial charge in [-0.15, -0.1) is 0 Å². The first-order valence-electron chi connectivity index (χ1n) is 13.4. The molecule has 4 N–H and O–H groups in total. The molecule has 4 aromatic rings. The van der Waals surface area contributed by atoms with Crippen LogP contribution in [0.15, 0.2) is 81.5 Å². The van der Waals surface area contributed by atoms with E-state index >= 15 is 0 Å². The number of pyridine rings is 1. The lowest BCUT2D eigenvalue weighted by atomic mass is 10.0. The number of aromatic nitrogens is 3. The topological polar surface area (TPSA) is 199 Å². The molecule has 4 rings (SSSR count). The van der Waals surface area contributed by atoms with Crippen LogP contribution in [0.3, 0.4) is 0 Å². The van der Waals surface area contributed by atoms with E-state index < -0.39 is 72.9 Å². The standard InChI is InChI=1S/C29H26F2N6O8S/c1-3-32-26(39)22-9-8-19(15-33-22)46(44,45)35-17-13-20(30)25(21(31)14-17)27(40)34-23(28(41)42)12-16-4-6-18(7-5-16)37-24(38)10-11-36(2)29(37)43/h4-11,13-15,23,35H,3,12H2,1-2H3,(H,32,39)(H,34,40)(H,41,42)/t23-/m0/s1. The molecule has 240 valence electrons. The number of nitrogens with one attached hydrogen (secondary N) is 3. The molecule has 0 fully saturated rings. The number of hydrogen-bond donors (Lipinski definition) is 4. The van der Waals surface area contributed by atoms with Crippen LogP contribution < -0.4 is 26.6 Å². The highest BCUT2D eigenvalue weighted by atomic mass is 32.2. The van der Waals surface area contributed by atoms with Gasteiger partial charge in [-0.05, 0) is 48.9 Å². The van der Waals surface area contributed by atoms with Crippen LogP contribution in [0.4, 0.5) is 14.5 Å². The van der Waals surface area contributed by atoms with Gasteiger partial charge in [0.05, 0.1) is 11.4 Å². The summed E-state index contributed by atoms with van der Waals surface area (Å²) in [5, 5.41) is 14.2. The molecule has 0 unspecified atom stereocenters. The molecular weight excluding hydrogens is 630 g/mol. The number of benzene rings is 2. The number of amides is 2. The molecule has 46 heavy (non-hydrogen) atoms. The van der Waals surface area contributed by atoms with E-state index in [-0.39, 0.29) is 17.8 Å². The lowest BCUT2D eigenvalue weighted by molar-refractivity contribution is -0.139. The quantitative estimate of drug-likeness (QED) is 0.183. The van der Waals surface area contributed by atoms with Gasteiger partial charge in [0.15, 0.2) is 0 Å². The monoisotopic (exact) mass is 656 g/mol. The lowest BCUT2D eigenvalue weighted by Crippen LogP contribution is -2.43. The minimum Gasteiger partial charge on any atom is -0.480 e. The van der Waals surface area contributed by atoms with E-state index in [0.29, 0.717) is 24.2 Å². The normalized spacial score (nSPS) is 11.8. The van der Waals surface area contributed by atoms with Crippen LogP contribution in [-0.4, -0.2) is 58.0 Å². The number of hydrogen-bond acceptors (Lipinski definition) is 8. The van der Waals surface area contributed by atoms with Crippen LogP contribution in [0, 0.1) is 11.6 Å². The van der Waals surface area contributed by atoms with Gasteiger partial charge in [0.2, 0.25) is 0 Å². The molecule has 2 amide bonds. The highest BCUT2D eigenvalue weighted by Gasteiger charge is 2.27. The number of carboxylic acids is 1. The van der Waals surface area contributed by atoms with Gasteiger partial charge in [-0.2, -0.15) is 0 Å². The molecule has 0 aliphatic carbocycles. The van der Waals surface area contributed by atoms with Crippen LogP contribution in [0.25, 0.3) is 5.69 Å².